The molecule has 0 saturated heterocycles. The minimum Gasteiger partial charge on any atom is -0.497 e. The van der Waals surface area contributed by atoms with E-state index in [0.29, 0.717) is 30.7 Å². The first-order chi connectivity index (χ1) is 11.7. The predicted octanol–water partition coefficient (Wildman–Crippen LogP) is 2.60. The Labute approximate surface area is 141 Å². The minimum absolute atomic E-state index is 0.194. The Hall–Kier alpha value is -2.34. The molecule has 1 aromatic carbocycles. The van der Waals surface area contributed by atoms with Crippen LogP contribution in [0.25, 0.3) is 0 Å². The molecule has 0 spiro atoms. The molecule has 2 aromatic rings. The topological polar surface area (TPSA) is 67.6 Å². The van der Waals surface area contributed by atoms with Crippen molar-refractivity contribution in [2.24, 2.45) is 0 Å². The third-order valence-corrected chi connectivity index (χ3v) is 4.07. The van der Waals surface area contributed by atoms with Gasteiger partial charge in [-0.25, -0.2) is 4.98 Å². The van der Waals surface area contributed by atoms with Gasteiger partial charge in [-0.3, -0.25) is 9.69 Å². The molecule has 0 radical (unpaired) electrons. The number of oxazole rings is 1. The second-order valence-electron chi connectivity index (χ2n) is 5.97. The first-order valence-electron chi connectivity index (χ1n) is 8.29. The smallest absolute Gasteiger partial charge is 0.273 e. The molecule has 1 N–H and O–H groups in total. The number of rotatable bonds is 8. The van der Waals surface area contributed by atoms with E-state index in [0.717, 1.165) is 12.3 Å². The van der Waals surface area contributed by atoms with Gasteiger partial charge in [0.05, 0.1) is 13.7 Å². The van der Waals surface area contributed by atoms with Crippen LogP contribution < -0.4 is 10.1 Å². The van der Waals surface area contributed by atoms with E-state index in [2.05, 4.69) is 27.3 Å². The van der Waals surface area contributed by atoms with Gasteiger partial charge in [-0.05, 0) is 37.5 Å². The molecule has 1 heterocycles. The quantitative estimate of drug-likeness (QED) is 0.806. The van der Waals surface area contributed by atoms with E-state index >= 15 is 0 Å². The van der Waals surface area contributed by atoms with Gasteiger partial charge in [-0.2, -0.15) is 0 Å². The number of carbonyl (C=O) groups is 1. The number of aromatic nitrogens is 1. The van der Waals surface area contributed by atoms with Gasteiger partial charge >= 0.3 is 0 Å². The Morgan fingerprint density at radius 3 is 2.71 bits per heavy atom. The molecular formula is C18H23N3O3. The van der Waals surface area contributed by atoms with E-state index in [-0.39, 0.29) is 5.91 Å². The lowest BCUT2D eigenvalue weighted by atomic mass is 10.2. The van der Waals surface area contributed by atoms with Gasteiger partial charge in [0.15, 0.2) is 5.69 Å². The maximum absolute atomic E-state index is 11.8. The summed E-state index contributed by atoms with van der Waals surface area (Å²) in [5.74, 6) is 1.24. The van der Waals surface area contributed by atoms with E-state index in [9.17, 15) is 4.79 Å². The normalized spacial score (nSPS) is 14.0. The standard InChI is InChI=1S/C18H23N3O3/c1-3-19-18(22)16-12-24-17(20-16)11-21(14-6-7-14)10-13-4-8-15(23-2)9-5-13/h4-5,8-9,12,14H,3,6-7,10-11H2,1-2H3,(H,19,22). The molecule has 1 aliphatic carbocycles. The van der Waals surface area contributed by atoms with Crippen LogP contribution in [0, 0.1) is 0 Å². The zero-order valence-corrected chi connectivity index (χ0v) is 14.1. The minimum atomic E-state index is -0.194. The van der Waals surface area contributed by atoms with Crippen molar-refractivity contribution in [1.29, 1.82) is 0 Å². The lowest BCUT2D eigenvalue weighted by Crippen LogP contribution is -2.26. The number of hydrogen-bond donors (Lipinski definition) is 1. The summed E-state index contributed by atoms with van der Waals surface area (Å²) in [6.45, 7) is 3.89. The predicted molar refractivity (Wildman–Crippen MR) is 89.8 cm³/mol. The second kappa shape index (κ2) is 7.49. The van der Waals surface area contributed by atoms with Crippen molar-refractivity contribution in [3.8, 4) is 5.75 Å². The highest BCUT2D eigenvalue weighted by Crippen LogP contribution is 2.30. The molecule has 6 heteroatoms. The van der Waals surface area contributed by atoms with Crippen LogP contribution in [0.1, 0.15) is 41.7 Å². The molecule has 1 fully saturated rings. The maximum atomic E-state index is 11.8. The molecule has 0 atom stereocenters. The van der Waals surface area contributed by atoms with Crippen LogP contribution in [-0.4, -0.2) is 35.5 Å². The Morgan fingerprint density at radius 2 is 2.08 bits per heavy atom. The van der Waals surface area contributed by atoms with Crippen molar-refractivity contribution >= 4 is 5.91 Å². The van der Waals surface area contributed by atoms with Gasteiger partial charge in [0.2, 0.25) is 5.89 Å². The van der Waals surface area contributed by atoms with E-state index in [1.807, 2.05) is 19.1 Å². The molecule has 3 rings (SSSR count). The van der Waals surface area contributed by atoms with Gasteiger partial charge < -0.3 is 14.5 Å². The van der Waals surface area contributed by atoms with Crippen molar-refractivity contribution in [1.82, 2.24) is 15.2 Å². The molecule has 0 aliphatic heterocycles. The van der Waals surface area contributed by atoms with Crippen LogP contribution in [0.3, 0.4) is 0 Å². The van der Waals surface area contributed by atoms with Gasteiger partial charge in [0, 0.05) is 19.1 Å². The lowest BCUT2D eigenvalue weighted by molar-refractivity contribution is 0.0950. The highest BCUT2D eigenvalue weighted by atomic mass is 16.5. The van der Waals surface area contributed by atoms with Crippen LogP contribution in [-0.2, 0) is 13.1 Å². The molecule has 0 bridgehead atoms. The maximum Gasteiger partial charge on any atom is 0.273 e. The van der Waals surface area contributed by atoms with Gasteiger partial charge in [0.25, 0.3) is 5.91 Å². The summed E-state index contributed by atoms with van der Waals surface area (Å²) in [7, 11) is 1.67. The summed E-state index contributed by atoms with van der Waals surface area (Å²) in [6, 6.07) is 8.65. The van der Waals surface area contributed by atoms with E-state index < -0.39 is 0 Å². The third kappa shape index (κ3) is 4.14. The summed E-state index contributed by atoms with van der Waals surface area (Å²) >= 11 is 0. The summed E-state index contributed by atoms with van der Waals surface area (Å²) < 4.78 is 10.7. The number of carbonyl (C=O) groups excluding carboxylic acids is 1. The average Bonchev–Trinajstić information content (AvgIpc) is 3.34. The zero-order valence-electron chi connectivity index (χ0n) is 14.1. The van der Waals surface area contributed by atoms with E-state index in [1.54, 1.807) is 7.11 Å². The van der Waals surface area contributed by atoms with E-state index in [1.165, 1.54) is 24.7 Å². The van der Waals surface area contributed by atoms with Gasteiger partial charge in [-0.15, -0.1) is 0 Å². The lowest BCUT2D eigenvalue weighted by Gasteiger charge is -2.20. The summed E-state index contributed by atoms with van der Waals surface area (Å²) in [5.41, 5.74) is 1.56. The molecule has 0 unspecified atom stereocenters. The van der Waals surface area contributed by atoms with E-state index in [4.69, 9.17) is 9.15 Å². The highest BCUT2D eigenvalue weighted by molar-refractivity contribution is 5.91. The number of methoxy groups -OCH3 is 1. The SMILES string of the molecule is CCNC(=O)c1coc(CN(Cc2ccc(OC)cc2)C2CC2)n1. The highest BCUT2D eigenvalue weighted by Gasteiger charge is 2.30. The monoisotopic (exact) mass is 329 g/mol. The average molecular weight is 329 g/mol. The molecule has 128 valence electrons. The van der Waals surface area contributed by atoms with Crippen LogP contribution in [0.15, 0.2) is 34.9 Å². The summed E-state index contributed by atoms with van der Waals surface area (Å²) in [4.78, 5) is 18.4. The third-order valence-electron chi connectivity index (χ3n) is 4.07. The number of hydrogen-bond acceptors (Lipinski definition) is 5. The number of benzene rings is 1. The van der Waals surface area contributed by atoms with Crippen molar-refractivity contribution < 1.29 is 13.9 Å². The van der Waals surface area contributed by atoms with Crippen LogP contribution in [0.2, 0.25) is 0 Å². The molecule has 6 nitrogen and oxygen atoms in total. The van der Waals surface area contributed by atoms with Crippen molar-refractivity contribution in [3.05, 3.63) is 47.7 Å². The first kappa shape index (κ1) is 16.5. The van der Waals surface area contributed by atoms with Crippen LogP contribution >= 0.6 is 0 Å². The number of nitrogens with one attached hydrogen (secondary N) is 1. The molecular weight excluding hydrogens is 306 g/mol. The van der Waals surface area contributed by atoms with Gasteiger partial charge in [0.1, 0.15) is 12.0 Å². The Balaban J connectivity index is 1.64. The Bertz CT molecular complexity index is 677. The fourth-order valence-electron chi connectivity index (χ4n) is 2.63. The first-order valence-corrected chi connectivity index (χ1v) is 8.29. The fraction of sp³-hybridized carbons (Fsp3) is 0.444. The molecule has 1 saturated carbocycles. The van der Waals surface area contributed by atoms with Crippen LogP contribution in [0.4, 0.5) is 0 Å². The zero-order chi connectivity index (χ0) is 16.9. The van der Waals surface area contributed by atoms with Crippen molar-refractivity contribution in [2.45, 2.75) is 38.9 Å². The summed E-state index contributed by atoms with van der Waals surface area (Å²) in [5, 5.41) is 2.73. The second-order valence-corrected chi connectivity index (χ2v) is 5.97. The Kier molecular flexibility index (Phi) is 5.15. The number of ether oxygens (including phenoxy) is 1. The molecule has 1 aromatic heterocycles. The molecule has 1 aliphatic rings. The molecule has 24 heavy (non-hydrogen) atoms. The molecule has 1 amide bonds. The number of nitrogens with zero attached hydrogens (tertiary/aromatic N) is 2. The summed E-state index contributed by atoms with van der Waals surface area (Å²) in [6.07, 6.45) is 3.82. The Morgan fingerprint density at radius 1 is 1.33 bits per heavy atom. The number of amides is 1. The van der Waals surface area contributed by atoms with Crippen molar-refractivity contribution in [2.75, 3.05) is 13.7 Å². The van der Waals surface area contributed by atoms with Crippen LogP contribution in [0.5, 0.6) is 5.75 Å². The largest absolute Gasteiger partial charge is 0.497 e. The fourth-order valence-corrected chi connectivity index (χ4v) is 2.63. The van der Waals surface area contributed by atoms with Gasteiger partial charge in [-0.1, -0.05) is 12.1 Å². The van der Waals surface area contributed by atoms with Crippen molar-refractivity contribution in [3.63, 3.8) is 0 Å².